The molecule has 1 unspecified atom stereocenters. The maximum absolute atomic E-state index is 10.9. The van der Waals surface area contributed by atoms with Crippen LogP contribution in [0, 0.1) is 6.92 Å². The van der Waals surface area contributed by atoms with Gasteiger partial charge >= 0.3 is 5.97 Å². The number of aromatic carboxylic acids is 1. The number of hydrogen-bond acceptors (Lipinski definition) is 2. The average Bonchev–Trinajstić information content (AvgIpc) is 2.46. The van der Waals surface area contributed by atoms with Gasteiger partial charge in [0.2, 0.25) is 0 Å². The van der Waals surface area contributed by atoms with Crippen molar-refractivity contribution in [2.45, 2.75) is 26.5 Å². The number of methoxy groups -OCH3 is 1. The summed E-state index contributed by atoms with van der Waals surface area (Å²) < 4.78 is 6.78. The summed E-state index contributed by atoms with van der Waals surface area (Å²) in [5.41, 5.74) is 1.12. The van der Waals surface area contributed by atoms with Crippen LogP contribution in [0.5, 0.6) is 0 Å². The van der Waals surface area contributed by atoms with Gasteiger partial charge in [0, 0.05) is 19.9 Å². The Morgan fingerprint density at radius 2 is 2.36 bits per heavy atom. The van der Waals surface area contributed by atoms with Crippen LogP contribution in [0.4, 0.5) is 0 Å². The molecule has 1 heterocycles. The molecule has 1 N–H and O–H groups in total. The van der Waals surface area contributed by atoms with E-state index in [1.165, 1.54) is 0 Å². The molecule has 14 heavy (non-hydrogen) atoms. The number of hydrogen-bond donors (Lipinski definition) is 1. The second-order valence-corrected chi connectivity index (χ2v) is 3.35. The molecule has 0 aliphatic rings. The summed E-state index contributed by atoms with van der Waals surface area (Å²) in [6.45, 7) is 4.25. The molecule has 0 amide bonds. The Morgan fingerprint density at radius 3 is 2.86 bits per heavy atom. The van der Waals surface area contributed by atoms with Gasteiger partial charge < -0.3 is 14.4 Å². The number of carbonyl (C=O) groups is 1. The Labute approximate surface area is 83.1 Å². The van der Waals surface area contributed by atoms with Gasteiger partial charge in [0.25, 0.3) is 0 Å². The first kappa shape index (κ1) is 10.8. The fourth-order valence-electron chi connectivity index (χ4n) is 1.38. The number of aryl methyl sites for hydroxylation is 1. The minimum absolute atomic E-state index is 0.0138. The number of nitrogens with zero attached hydrogens (tertiary/aromatic N) is 1. The first-order chi connectivity index (χ1) is 6.56. The lowest BCUT2D eigenvalue weighted by Gasteiger charge is -2.12. The van der Waals surface area contributed by atoms with Crippen LogP contribution in [0.2, 0.25) is 0 Å². The highest BCUT2D eigenvalue weighted by atomic mass is 16.5. The summed E-state index contributed by atoms with van der Waals surface area (Å²) in [5, 5.41) is 8.96. The van der Waals surface area contributed by atoms with Crippen molar-refractivity contribution in [1.82, 2.24) is 4.57 Å². The molecule has 4 heteroatoms. The van der Waals surface area contributed by atoms with Crippen molar-refractivity contribution in [2.24, 2.45) is 0 Å². The number of aromatic nitrogens is 1. The van der Waals surface area contributed by atoms with Gasteiger partial charge in [-0.25, -0.2) is 4.79 Å². The summed E-state index contributed by atoms with van der Waals surface area (Å²) in [7, 11) is 1.61. The molecule has 0 saturated carbocycles. The number of carboxylic acid groups (broad SMARTS) is 1. The fourth-order valence-corrected chi connectivity index (χ4v) is 1.38. The number of rotatable bonds is 4. The summed E-state index contributed by atoms with van der Waals surface area (Å²) in [6, 6.07) is 1.80. The predicted molar refractivity (Wildman–Crippen MR) is 52.6 cm³/mol. The van der Waals surface area contributed by atoms with Crippen molar-refractivity contribution in [3.63, 3.8) is 0 Å². The molecule has 0 radical (unpaired) electrons. The molecule has 0 fully saturated rings. The fraction of sp³-hybridized carbons (Fsp3) is 0.500. The van der Waals surface area contributed by atoms with Gasteiger partial charge in [-0.2, -0.15) is 0 Å². The smallest absolute Gasteiger partial charge is 0.352 e. The Kier molecular flexibility index (Phi) is 3.30. The van der Waals surface area contributed by atoms with E-state index in [2.05, 4.69) is 0 Å². The number of carboxylic acids is 1. The van der Waals surface area contributed by atoms with E-state index in [-0.39, 0.29) is 6.10 Å². The third kappa shape index (κ3) is 2.14. The minimum Gasteiger partial charge on any atom is -0.477 e. The van der Waals surface area contributed by atoms with Crippen LogP contribution >= 0.6 is 0 Å². The van der Waals surface area contributed by atoms with Crippen LogP contribution in [0.1, 0.15) is 23.0 Å². The Hall–Kier alpha value is -1.29. The van der Waals surface area contributed by atoms with Crippen molar-refractivity contribution in [3.05, 3.63) is 23.5 Å². The van der Waals surface area contributed by atoms with E-state index in [4.69, 9.17) is 9.84 Å². The second kappa shape index (κ2) is 4.28. The summed E-state index contributed by atoms with van der Waals surface area (Å²) in [5.74, 6) is -0.893. The molecule has 0 aliphatic carbocycles. The van der Waals surface area contributed by atoms with Crippen LogP contribution in [0.3, 0.4) is 0 Å². The predicted octanol–water partition coefficient (Wildman–Crippen LogP) is 1.53. The quantitative estimate of drug-likeness (QED) is 0.796. The highest BCUT2D eigenvalue weighted by molar-refractivity contribution is 5.87. The number of ether oxygens (including phenoxy) is 1. The van der Waals surface area contributed by atoms with Gasteiger partial charge in [0.1, 0.15) is 5.69 Å². The van der Waals surface area contributed by atoms with Gasteiger partial charge in [0.05, 0.1) is 6.10 Å². The lowest BCUT2D eigenvalue weighted by molar-refractivity contribution is 0.0671. The minimum atomic E-state index is -0.893. The molecule has 0 spiro atoms. The van der Waals surface area contributed by atoms with E-state index in [1.54, 1.807) is 30.9 Å². The molecule has 0 saturated heterocycles. The Balaban J connectivity index is 2.92. The molecule has 1 atom stereocenters. The monoisotopic (exact) mass is 197 g/mol. The maximum atomic E-state index is 10.9. The Morgan fingerprint density at radius 1 is 1.71 bits per heavy atom. The lowest BCUT2D eigenvalue weighted by atomic mass is 10.2. The molecule has 1 rings (SSSR count). The largest absolute Gasteiger partial charge is 0.477 e. The van der Waals surface area contributed by atoms with Crippen LogP contribution in [0.15, 0.2) is 12.3 Å². The van der Waals surface area contributed by atoms with Crippen LogP contribution in [-0.4, -0.2) is 28.9 Å². The SMILES string of the molecule is COC(C)Cn1ccc(C)c1C(=O)O. The highest BCUT2D eigenvalue weighted by Crippen LogP contribution is 2.11. The average molecular weight is 197 g/mol. The molecule has 0 bridgehead atoms. The van der Waals surface area contributed by atoms with E-state index in [0.29, 0.717) is 12.2 Å². The van der Waals surface area contributed by atoms with Crippen molar-refractivity contribution in [1.29, 1.82) is 0 Å². The zero-order valence-electron chi connectivity index (χ0n) is 8.65. The zero-order chi connectivity index (χ0) is 10.7. The molecule has 4 nitrogen and oxygen atoms in total. The van der Waals surface area contributed by atoms with E-state index < -0.39 is 5.97 Å². The highest BCUT2D eigenvalue weighted by Gasteiger charge is 2.14. The van der Waals surface area contributed by atoms with Gasteiger partial charge in [-0.3, -0.25) is 0 Å². The molecule has 1 aromatic heterocycles. The third-order valence-electron chi connectivity index (χ3n) is 2.22. The standard InChI is InChI=1S/C10H15NO3/c1-7-4-5-11(6-8(2)14-3)9(7)10(12)13/h4-5,8H,6H2,1-3H3,(H,12,13). The van der Waals surface area contributed by atoms with E-state index >= 15 is 0 Å². The van der Waals surface area contributed by atoms with Crippen molar-refractivity contribution in [2.75, 3.05) is 7.11 Å². The zero-order valence-corrected chi connectivity index (χ0v) is 8.65. The van der Waals surface area contributed by atoms with Crippen molar-refractivity contribution >= 4 is 5.97 Å². The maximum Gasteiger partial charge on any atom is 0.352 e. The van der Waals surface area contributed by atoms with Crippen LogP contribution in [0.25, 0.3) is 0 Å². The molecular formula is C10H15NO3. The lowest BCUT2D eigenvalue weighted by Crippen LogP contribution is -2.18. The van der Waals surface area contributed by atoms with Crippen molar-refractivity contribution < 1.29 is 14.6 Å². The van der Waals surface area contributed by atoms with E-state index in [0.717, 1.165) is 5.56 Å². The second-order valence-electron chi connectivity index (χ2n) is 3.35. The van der Waals surface area contributed by atoms with Crippen molar-refractivity contribution in [3.8, 4) is 0 Å². The first-order valence-electron chi connectivity index (χ1n) is 4.48. The van der Waals surface area contributed by atoms with Gasteiger partial charge in [-0.05, 0) is 25.5 Å². The Bertz CT molecular complexity index is 330. The van der Waals surface area contributed by atoms with Gasteiger partial charge in [0.15, 0.2) is 0 Å². The summed E-state index contributed by atoms with van der Waals surface area (Å²) in [6.07, 6.45) is 1.79. The molecule has 0 aromatic carbocycles. The van der Waals surface area contributed by atoms with E-state index in [9.17, 15) is 4.79 Å². The topological polar surface area (TPSA) is 51.5 Å². The van der Waals surface area contributed by atoms with Crippen LogP contribution < -0.4 is 0 Å². The van der Waals surface area contributed by atoms with Gasteiger partial charge in [-0.15, -0.1) is 0 Å². The normalized spacial score (nSPS) is 12.8. The third-order valence-corrected chi connectivity index (χ3v) is 2.22. The molecular weight excluding hydrogens is 182 g/mol. The molecule has 1 aromatic rings. The molecule has 78 valence electrons. The summed E-state index contributed by atoms with van der Waals surface area (Å²) in [4.78, 5) is 10.9. The van der Waals surface area contributed by atoms with Crippen LogP contribution in [-0.2, 0) is 11.3 Å². The summed E-state index contributed by atoms with van der Waals surface area (Å²) >= 11 is 0. The first-order valence-corrected chi connectivity index (χ1v) is 4.48. The van der Waals surface area contributed by atoms with Gasteiger partial charge in [-0.1, -0.05) is 0 Å². The molecule has 0 aliphatic heterocycles. The van der Waals surface area contributed by atoms with E-state index in [1.807, 2.05) is 6.92 Å².